The van der Waals surface area contributed by atoms with Gasteiger partial charge in [-0.15, -0.1) is 0 Å². The summed E-state index contributed by atoms with van der Waals surface area (Å²) in [6, 6.07) is 1.95. The van der Waals surface area contributed by atoms with E-state index >= 15 is 0 Å². The first kappa shape index (κ1) is 5.30. The van der Waals surface area contributed by atoms with Gasteiger partial charge in [0, 0.05) is 0 Å². The van der Waals surface area contributed by atoms with Gasteiger partial charge in [0.1, 0.15) is 12.2 Å². The van der Waals surface area contributed by atoms with Gasteiger partial charge in [-0.25, -0.2) is 0 Å². The quantitative estimate of drug-likeness (QED) is 0.490. The minimum atomic E-state index is -0.310. The first-order valence-corrected chi connectivity index (χ1v) is 2.73. The zero-order valence-corrected chi connectivity index (χ0v) is 4.50. The molecule has 0 saturated heterocycles. The van der Waals surface area contributed by atoms with Crippen LogP contribution in [0.1, 0.15) is 12.8 Å². The Bertz CT molecular complexity index is 132. The van der Waals surface area contributed by atoms with E-state index in [1.165, 1.54) is 0 Å². The molecule has 2 nitrogen and oxygen atoms in total. The van der Waals surface area contributed by atoms with E-state index in [0.29, 0.717) is 5.92 Å². The highest BCUT2D eigenvalue weighted by Gasteiger charge is 2.30. The monoisotopic (exact) mass is 109 g/mol. The van der Waals surface area contributed by atoms with Crippen molar-refractivity contribution in [2.24, 2.45) is 11.8 Å². The lowest BCUT2D eigenvalue weighted by molar-refractivity contribution is -0.110. The van der Waals surface area contributed by atoms with Crippen LogP contribution in [-0.4, -0.2) is 6.29 Å². The van der Waals surface area contributed by atoms with E-state index < -0.39 is 0 Å². The summed E-state index contributed by atoms with van der Waals surface area (Å²) in [6.45, 7) is 0. The van der Waals surface area contributed by atoms with Crippen molar-refractivity contribution in [3.8, 4) is 6.07 Å². The molecule has 42 valence electrons. The number of hydrogen-bond donors (Lipinski definition) is 0. The Hall–Kier alpha value is -0.840. The third-order valence-corrected chi connectivity index (χ3v) is 1.43. The van der Waals surface area contributed by atoms with E-state index in [1.807, 2.05) is 6.07 Å². The Balaban J connectivity index is 2.39. The molecule has 2 heteroatoms. The van der Waals surface area contributed by atoms with Crippen LogP contribution in [-0.2, 0) is 4.79 Å². The summed E-state index contributed by atoms with van der Waals surface area (Å²) in [4.78, 5) is 10.00. The van der Waals surface area contributed by atoms with Crippen LogP contribution in [0.5, 0.6) is 0 Å². The largest absolute Gasteiger partial charge is 0.302 e. The van der Waals surface area contributed by atoms with Gasteiger partial charge >= 0.3 is 0 Å². The summed E-state index contributed by atoms with van der Waals surface area (Å²) < 4.78 is 0. The van der Waals surface area contributed by atoms with Crippen molar-refractivity contribution in [1.29, 1.82) is 5.26 Å². The van der Waals surface area contributed by atoms with Crippen molar-refractivity contribution in [3.05, 3.63) is 0 Å². The molecule has 0 aromatic rings. The molecule has 1 atom stereocenters. The lowest BCUT2D eigenvalue weighted by Crippen LogP contribution is -1.99. The predicted molar refractivity (Wildman–Crippen MR) is 27.9 cm³/mol. The number of rotatable bonds is 2. The van der Waals surface area contributed by atoms with Gasteiger partial charge in [-0.05, 0) is 18.8 Å². The van der Waals surface area contributed by atoms with Crippen LogP contribution < -0.4 is 0 Å². The average Bonchev–Trinajstić information content (AvgIpc) is 2.53. The molecule has 0 radical (unpaired) electrons. The van der Waals surface area contributed by atoms with E-state index in [2.05, 4.69) is 0 Å². The molecule has 0 amide bonds. The zero-order chi connectivity index (χ0) is 5.98. The summed E-state index contributed by atoms with van der Waals surface area (Å²) in [5.41, 5.74) is 0. The number of hydrogen-bond acceptors (Lipinski definition) is 2. The molecule has 1 rings (SSSR count). The maximum atomic E-state index is 10.00. The topological polar surface area (TPSA) is 40.9 Å². The van der Waals surface area contributed by atoms with Crippen LogP contribution in [0.2, 0.25) is 0 Å². The summed E-state index contributed by atoms with van der Waals surface area (Å²) in [7, 11) is 0. The number of aldehydes is 1. The van der Waals surface area contributed by atoms with Gasteiger partial charge in [0.15, 0.2) is 0 Å². The maximum absolute atomic E-state index is 10.00. The maximum Gasteiger partial charge on any atom is 0.137 e. The third kappa shape index (κ3) is 0.865. The molecule has 1 aliphatic carbocycles. The van der Waals surface area contributed by atoms with Gasteiger partial charge in [-0.2, -0.15) is 5.26 Å². The summed E-state index contributed by atoms with van der Waals surface area (Å²) in [5.74, 6) is 0.0903. The number of nitriles is 1. The molecule has 0 bridgehead atoms. The van der Waals surface area contributed by atoms with Crippen LogP contribution in [0.3, 0.4) is 0 Å². The van der Waals surface area contributed by atoms with Crippen molar-refractivity contribution in [1.82, 2.24) is 0 Å². The first-order chi connectivity index (χ1) is 3.88. The Morgan fingerprint density at radius 1 is 1.75 bits per heavy atom. The van der Waals surface area contributed by atoms with Crippen LogP contribution >= 0.6 is 0 Å². The van der Waals surface area contributed by atoms with Gasteiger partial charge < -0.3 is 4.79 Å². The Morgan fingerprint density at radius 2 is 2.38 bits per heavy atom. The number of carbonyl (C=O) groups is 1. The Morgan fingerprint density at radius 3 is 2.50 bits per heavy atom. The standard InChI is InChI=1S/C6H7NO/c7-3-6(4-8)5-1-2-5/h4-6H,1-2H2. The smallest absolute Gasteiger partial charge is 0.137 e. The third-order valence-electron chi connectivity index (χ3n) is 1.43. The van der Waals surface area contributed by atoms with Gasteiger partial charge in [0.25, 0.3) is 0 Å². The van der Waals surface area contributed by atoms with Crippen molar-refractivity contribution < 1.29 is 4.79 Å². The molecule has 1 aliphatic rings. The molecule has 0 heterocycles. The second kappa shape index (κ2) is 1.95. The highest BCUT2D eigenvalue weighted by Crippen LogP contribution is 2.35. The van der Waals surface area contributed by atoms with Gasteiger partial charge in [-0.3, -0.25) is 0 Å². The molecular formula is C6H7NO. The molecule has 0 aromatic heterocycles. The SMILES string of the molecule is N#CC(C=O)C1CC1. The fourth-order valence-corrected chi connectivity index (χ4v) is 0.702. The minimum Gasteiger partial charge on any atom is -0.302 e. The zero-order valence-electron chi connectivity index (χ0n) is 4.50. The fraction of sp³-hybridized carbons (Fsp3) is 0.667. The van der Waals surface area contributed by atoms with Crippen LogP contribution in [0.25, 0.3) is 0 Å². The molecule has 1 unspecified atom stereocenters. The lowest BCUT2D eigenvalue weighted by Gasteiger charge is -1.89. The Labute approximate surface area is 48.1 Å². The number of carbonyl (C=O) groups excluding carboxylic acids is 1. The molecular weight excluding hydrogens is 102 g/mol. The second-order valence-corrected chi connectivity index (χ2v) is 2.13. The van der Waals surface area contributed by atoms with Crippen LogP contribution in [0.15, 0.2) is 0 Å². The van der Waals surface area contributed by atoms with Crippen LogP contribution in [0.4, 0.5) is 0 Å². The first-order valence-electron chi connectivity index (χ1n) is 2.73. The predicted octanol–water partition coefficient (Wildman–Crippen LogP) is 0.735. The highest BCUT2D eigenvalue weighted by atomic mass is 16.1. The Kier molecular flexibility index (Phi) is 1.29. The normalized spacial score (nSPS) is 21.4. The minimum absolute atomic E-state index is 0.310. The van der Waals surface area contributed by atoms with Crippen molar-refractivity contribution in [2.75, 3.05) is 0 Å². The van der Waals surface area contributed by atoms with Gasteiger partial charge in [0.05, 0.1) is 6.07 Å². The number of nitrogens with zero attached hydrogens (tertiary/aromatic N) is 1. The van der Waals surface area contributed by atoms with Crippen LogP contribution in [0, 0.1) is 23.2 Å². The van der Waals surface area contributed by atoms with E-state index in [-0.39, 0.29) is 5.92 Å². The molecule has 0 aliphatic heterocycles. The molecule has 0 spiro atoms. The van der Waals surface area contributed by atoms with Crippen molar-refractivity contribution >= 4 is 6.29 Å². The van der Waals surface area contributed by atoms with Gasteiger partial charge in [0.2, 0.25) is 0 Å². The fourth-order valence-electron chi connectivity index (χ4n) is 0.702. The van der Waals surface area contributed by atoms with E-state index in [9.17, 15) is 4.79 Å². The van der Waals surface area contributed by atoms with Gasteiger partial charge in [-0.1, -0.05) is 0 Å². The molecule has 1 saturated carbocycles. The second-order valence-electron chi connectivity index (χ2n) is 2.13. The summed E-state index contributed by atoms with van der Waals surface area (Å²) in [6.07, 6.45) is 2.88. The van der Waals surface area contributed by atoms with E-state index in [1.54, 1.807) is 0 Å². The van der Waals surface area contributed by atoms with E-state index in [0.717, 1.165) is 19.1 Å². The highest BCUT2D eigenvalue weighted by molar-refractivity contribution is 5.58. The van der Waals surface area contributed by atoms with Crippen molar-refractivity contribution in [3.63, 3.8) is 0 Å². The summed E-state index contributed by atoms with van der Waals surface area (Å²) >= 11 is 0. The molecule has 8 heavy (non-hydrogen) atoms. The van der Waals surface area contributed by atoms with Crippen molar-refractivity contribution in [2.45, 2.75) is 12.8 Å². The summed E-state index contributed by atoms with van der Waals surface area (Å²) in [5, 5.41) is 8.26. The lowest BCUT2D eigenvalue weighted by atomic mass is 10.1. The average molecular weight is 109 g/mol. The molecule has 1 fully saturated rings. The molecule has 0 N–H and O–H groups in total. The molecule has 0 aromatic carbocycles. The van der Waals surface area contributed by atoms with E-state index in [4.69, 9.17) is 5.26 Å².